The number of furan rings is 1. The lowest BCUT2D eigenvalue weighted by atomic mass is 10.0. The Balaban J connectivity index is 1.85. The lowest BCUT2D eigenvalue weighted by Crippen LogP contribution is -2.00. The molecular weight excluding hydrogens is 347 g/mol. The summed E-state index contributed by atoms with van der Waals surface area (Å²) in [6.45, 7) is 0. The smallest absolute Gasteiger partial charge is 0.344 e. The van der Waals surface area contributed by atoms with Crippen molar-refractivity contribution < 1.29 is 18.0 Å². The van der Waals surface area contributed by atoms with Crippen LogP contribution < -0.4 is 10.4 Å². The van der Waals surface area contributed by atoms with Crippen molar-refractivity contribution in [1.29, 1.82) is 0 Å². The molecule has 0 fully saturated rings. The number of ether oxygens (including phenoxy) is 1. The fourth-order valence-electron chi connectivity index (χ4n) is 3.41. The van der Waals surface area contributed by atoms with Gasteiger partial charge in [-0.05, 0) is 42.0 Å². The lowest BCUT2D eigenvalue weighted by molar-refractivity contribution is 0.415. The van der Waals surface area contributed by atoms with Gasteiger partial charge in [0.05, 0.1) is 18.8 Å². The van der Waals surface area contributed by atoms with Crippen LogP contribution >= 0.6 is 0 Å². The fraction of sp³-hybridized carbons (Fsp3) is 0.0455. The molecule has 5 aromatic rings. The van der Waals surface area contributed by atoms with Crippen LogP contribution in [0.25, 0.3) is 43.8 Å². The minimum atomic E-state index is -0.430. The van der Waals surface area contributed by atoms with Crippen molar-refractivity contribution in [3.05, 3.63) is 77.1 Å². The molecular formula is C22H13FO4. The fourth-order valence-corrected chi connectivity index (χ4v) is 3.41. The molecule has 0 saturated heterocycles. The number of methoxy groups -OCH3 is 1. The van der Waals surface area contributed by atoms with Crippen LogP contribution in [0.4, 0.5) is 4.39 Å². The molecule has 3 aromatic carbocycles. The molecule has 0 unspecified atom stereocenters. The minimum absolute atomic E-state index is 0.293. The maximum Gasteiger partial charge on any atom is 0.344 e. The Hall–Kier alpha value is -3.60. The quantitative estimate of drug-likeness (QED) is 0.308. The van der Waals surface area contributed by atoms with Crippen LogP contribution in [0, 0.1) is 5.82 Å². The standard InChI is InChI=1S/C22H13FO4/c1-25-14-6-7-15-16-9-17-19(12-2-4-13(23)5-3-12)11-26-20(17)10-21(16)27-22(24)18(15)8-14/h2-11H,1H3. The second kappa shape index (κ2) is 5.71. The van der Waals surface area contributed by atoms with E-state index < -0.39 is 5.63 Å². The molecule has 5 rings (SSSR count). The zero-order valence-corrected chi connectivity index (χ0v) is 14.3. The van der Waals surface area contributed by atoms with Crippen LogP contribution in [-0.4, -0.2) is 7.11 Å². The second-order valence-electron chi connectivity index (χ2n) is 6.30. The Morgan fingerprint density at radius 3 is 2.44 bits per heavy atom. The van der Waals surface area contributed by atoms with Gasteiger partial charge >= 0.3 is 5.63 Å². The molecule has 132 valence electrons. The average Bonchev–Trinajstić information content (AvgIpc) is 3.10. The lowest BCUT2D eigenvalue weighted by Gasteiger charge is -2.05. The molecule has 0 amide bonds. The summed E-state index contributed by atoms with van der Waals surface area (Å²) in [5.74, 6) is 0.296. The number of hydrogen-bond donors (Lipinski definition) is 0. The second-order valence-corrected chi connectivity index (χ2v) is 6.30. The van der Waals surface area contributed by atoms with Crippen LogP contribution in [-0.2, 0) is 0 Å². The van der Waals surface area contributed by atoms with Crippen molar-refractivity contribution >= 4 is 32.7 Å². The van der Waals surface area contributed by atoms with Crippen LogP contribution in [0.2, 0.25) is 0 Å². The minimum Gasteiger partial charge on any atom is -0.497 e. The molecule has 0 spiro atoms. The van der Waals surface area contributed by atoms with Crippen molar-refractivity contribution in [2.24, 2.45) is 0 Å². The third-order valence-corrected chi connectivity index (χ3v) is 4.77. The van der Waals surface area contributed by atoms with Crippen LogP contribution in [0.5, 0.6) is 5.75 Å². The number of fused-ring (bicyclic) bond motifs is 4. The zero-order valence-electron chi connectivity index (χ0n) is 14.3. The van der Waals surface area contributed by atoms with E-state index in [-0.39, 0.29) is 5.82 Å². The van der Waals surface area contributed by atoms with E-state index in [4.69, 9.17) is 13.6 Å². The molecule has 5 heteroatoms. The summed E-state index contributed by atoms with van der Waals surface area (Å²) in [4.78, 5) is 12.4. The summed E-state index contributed by atoms with van der Waals surface area (Å²) in [5.41, 5.74) is 2.31. The highest BCUT2D eigenvalue weighted by molar-refractivity contribution is 6.11. The van der Waals surface area contributed by atoms with Gasteiger partial charge in [0, 0.05) is 27.8 Å². The van der Waals surface area contributed by atoms with Crippen molar-refractivity contribution in [1.82, 2.24) is 0 Å². The number of halogens is 1. The highest BCUT2D eigenvalue weighted by atomic mass is 19.1. The predicted octanol–water partition coefficient (Wildman–Crippen LogP) is 5.51. The van der Waals surface area contributed by atoms with Gasteiger partial charge in [0.2, 0.25) is 0 Å². The number of rotatable bonds is 2. The predicted molar refractivity (Wildman–Crippen MR) is 102 cm³/mol. The first kappa shape index (κ1) is 15.6. The highest BCUT2D eigenvalue weighted by Gasteiger charge is 2.14. The van der Waals surface area contributed by atoms with Gasteiger partial charge in [0.1, 0.15) is 22.7 Å². The number of benzene rings is 3. The van der Waals surface area contributed by atoms with E-state index in [0.717, 1.165) is 27.3 Å². The zero-order chi connectivity index (χ0) is 18.5. The first-order valence-electron chi connectivity index (χ1n) is 8.36. The SMILES string of the molecule is COc1ccc2c(c1)c(=O)oc1cc3occ(-c4ccc(F)cc4)c3cc12. The largest absolute Gasteiger partial charge is 0.497 e. The maximum atomic E-state index is 13.2. The van der Waals surface area contributed by atoms with Gasteiger partial charge in [0.25, 0.3) is 0 Å². The molecule has 0 bridgehead atoms. The summed E-state index contributed by atoms with van der Waals surface area (Å²) < 4.78 is 29.6. The topological polar surface area (TPSA) is 52.6 Å². The molecule has 0 aliphatic carbocycles. The van der Waals surface area contributed by atoms with Gasteiger partial charge < -0.3 is 13.6 Å². The molecule has 4 nitrogen and oxygen atoms in total. The summed E-state index contributed by atoms with van der Waals surface area (Å²) in [6.07, 6.45) is 1.63. The van der Waals surface area contributed by atoms with E-state index >= 15 is 0 Å². The van der Waals surface area contributed by atoms with Crippen molar-refractivity contribution in [3.63, 3.8) is 0 Å². The molecule has 2 heterocycles. The summed E-state index contributed by atoms with van der Waals surface area (Å²) >= 11 is 0. The molecule has 2 aromatic heterocycles. The first-order chi connectivity index (χ1) is 13.1. The third-order valence-electron chi connectivity index (χ3n) is 4.77. The van der Waals surface area contributed by atoms with Gasteiger partial charge in [-0.3, -0.25) is 0 Å². The Kier molecular flexibility index (Phi) is 3.31. The van der Waals surface area contributed by atoms with Crippen molar-refractivity contribution in [3.8, 4) is 16.9 Å². The van der Waals surface area contributed by atoms with E-state index in [1.54, 1.807) is 37.6 Å². The van der Waals surface area contributed by atoms with E-state index in [9.17, 15) is 9.18 Å². The van der Waals surface area contributed by atoms with Crippen LogP contribution in [0.3, 0.4) is 0 Å². The average molecular weight is 360 g/mol. The van der Waals surface area contributed by atoms with Gasteiger partial charge in [-0.2, -0.15) is 0 Å². The third kappa shape index (κ3) is 2.39. The first-order valence-corrected chi connectivity index (χ1v) is 8.36. The Labute approximate surface area is 152 Å². The molecule has 0 aliphatic rings. The molecule has 0 radical (unpaired) electrons. The summed E-state index contributed by atoms with van der Waals surface area (Å²) in [5, 5.41) is 2.88. The molecule has 0 saturated carbocycles. The molecule has 0 atom stereocenters. The Bertz CT molecular complexity index is 1380. The van der Waals surface area contributed by atoms with Gasteiger partial charge in [-0.15, -0.1) is 0 Å². The van der Waals surface area contributed by atoms with Crippen molar-refractivity contribution in [2.45, 2.75) is 0 Å². The molecule has 0 aliphatic heterocycles. The van der Waals surface area contributed by atoms with Gasteiger partial charge in [-0.25, -0.2) is 9.18 Å². The van der Waals surface area contributed by atoms with Crippen molar-refractivity contribution in [2.75, 3.05) is 7.11 Å². The highest BCUT2D eigenvalue weighted by Crippen LogP contribution is 2.35. The number of hydrogen-bond acceptors (Lipinski definition) is 4. The van der Waals surface area contributed by atoms with Crippen LogP contribution in [0.1, 0.15) is 0 Å². The summed E-state index contributed by atoms with van der Waals surface area (Å²) in [7, 11) is 1.55. The van der Waals surface area contributed by atoms with E-state index in [1.807, 2.05) is 18.2 Å². The maximum absolute atomic E-state index is 13.2. The normalized spacial score (nSPS) is 11.5. The molecule has 0 N–H and O–H groups in total. The van der Waals surface area contributed by atoms with Gasteiger partial charge in [0.15, 0.2) is 0 Å². The Morgan fingerprint density at radius 2 is 1.67 bits per heavy atom. The van der Waals surface area contributed by atoms with E-state index in [0.29, 0.717) is 22.3 Å². The monoisotopic (exact) mass is 360 g/mol. The summed E-state index contributed by atoms with van der Waals surface area (Å²) in [6, 6.07) is 15.2. The van der Waals surface area contributed by atoms with Crippen LogP contribution in [0.15, 0.2) is 74.5 Å². The van der Waals surface area contributed by atoms with E-state index in [1.165, 1.54) is 12.1 Å². The Morgan fingerprint density at radius 1 is 0.852 bits per heavy atom. The molecule has 27 heavy (non-hydrogen) atoms. The van der Waals surface area contributed by atoms with Gasteiger partial charge in [-0.1, -0.05) is 12.1 Å². The van der Waals surface area contributed by atoms with E-state index in [2.05, 4.69) is 0 Å².